The summed E-state index contributed by atoms with van der Waals surface area (Å²) in [5, 5.41) is 17.2. The summed E-state index contributed by atoms with van der Waals surface area (Å²) in [6, 6.07) is 5.14. The molecule has 0 fully saturated rings. The molecule has 0 saturated heterocycles. The zero-order chi connectivity index (χ0) is 14.5. The predicted molar refractivity (Wildman–Crippen MR) is 65.4 cm³/mol. The van der Waals surface area contributed by atoms with Crippen LogP contribution in [-0.4, -0.2) is 25.2 Å². The molecule has 0 aromatic heterocycles. The number of carboxylic acid groups (broad SMARTS) is 1. The summed E-state index contributed by atoms with van der Waals surface area (Å²) in [6.07, 6.45) is -0.350. The Morgan fingerprint density at radius 3 is 2.74 bits per heavy atom. The van der Waals surface area contributed by atoms with E-state index in [1.54, 1.807) is 6.07 Å². The van der Waals surface area contributed by atoms with Gasteiger partial charge in [-0.05, 0) is 18.6 Å². The molecule has 0 amide bonds. The monoisotopic (exact) mass is 286 g/mol. The quantitative estimate of drug-likeness (QED) is 0.819. The van der Waals surface area contributed by atoms with Crippen molar-refractivity contribution in [2.24, 2.45) is 0 Å². The van der Waals surface area contributed by atoms with Crippen LogP contribution in [0.1, 0.15) is 18.4 Å². The highest BCUT2D eigenvalue weighted by atomic mass is 32.2. The van der Waals surface area contributed by atoms with Crippen molar-refractivity contribution < 1.29 is 22.7 Å². The lowest BCUT2D eigenvalue weighted by molar-refractivity contribution is -0.137. The lowest BCUT2D eigenvalue weighted by Gasteiger charge is -2.09. The van der Waals surface area contributed by atoms with Gasteiger partial charge in [-0.1, -0.05) is 6.07 Å². The number of hydrogen-bond donors (Lipinski definition) is 2. The molecule has 1 aromatic rings. The molecule has 0 bridgehead atoms. The summed E-state index contributed by atoms with van der Waals surface area (Å²) in [7, 11) is -3.81. The summed E-state index contributed by atoms with van der Waals surface area (Å²) in [4.78, 5) is 10.3. The van der Waals surface area contributed by atoms with E-state index in [1.165, 1.54) is 12.1 Å². The number of nitrogens with zero attached hydrogens (tertiary/aromatic N) is 1. The van der Waals surface area contributed by atoms with Crippen molar-refractivity contribution >= 4 is 21.7 Å². The molecule has 0 saturated carbocycles. The molecular weight excluding hydrogens is 275 g/mol. The van der Waals surface area contributed by atoms with Crippen LogP contribution in [0.15, 0.2) is 18.2 Å². The average molecular weight is 286 g/mol. The van der Waals surface area contributed by atoms with Gasteiger partial charge < -0.3 is 5.11 Å². The third-order valence-electron chi connectivity index (χ3n) is 2.19. The van der Waals surface area contributed by atoms with E-state index in [2.05, 4.69) is 4.72 Å². The van der Waals surface area contributed by atoms with Gasteiger partial charge in [0, 0.05) is 6.42 Å². The highest BCUT2D eigenvalue weighted by molar-refractivity contribution is 7.92. The molecule has 0 spiro atoms. The van der Waals surface area contributed by atoms with Gasteiger partial charge in [0.25, 0.3) is 0 Å². The third kappa shape index (κ3) is 4.56. The van der Waals surface area contributed by atoms with Crippen molar-refractivity contribution in [1.82, 2.24) is 0 Å². The van der Waals surface area contributed by atoms with Gasteiger partial charge in [-0.2, -0.15) is 5.26 Å². The number of hydrogen-bond acceptors (Lipinski definition) is 4. The van der Waals surface area contributed by atoms with Crippen molar-refractivity contribution in [2.75, 3.05) is 10.5 Å². The maximum absolute atomic E-state index is 13.2. The Hall–Kier alpha value is -2.14. The number of carbonyl (C=O) groups is 1. The van der Waals surface area contributed by atoms with E-state index in [1.807, 2.05) is 0 Å². The number of nitriles is 1. The third-order valence-corrected chi connectivity index (χ3v) is 3.55. The van der Waals surface area contributed by atoms with E-state index in [0.717, 1.165) is 6.07 Å². The Balaban J connectivity index is 2.82. The fraction of sp³-hybridized carbons (Fsp3) is 0.273. The normalized spacial score (nSPS) is 10.7. The maximum atomic E-state index is 13.2. The molecule has 6 nitrogen and oxygen atoms in total. The lowest BCUT2D eigenvalue weighted by Crippen LogP contribution is -2.18. The van der Waals surface area contributed by atoms with Gasteiger partial charge in [0.05, 0.1) is 11.4 Å². The summed E-state index contributed by atoms with van der Waals surface area (Å²) < 4.78 is 38.6. The highest BCUT2D eigenvalue weighted by Gasteiger charge is 2.15. The first-order valence-electron chi connectivity index (χ1n) is 5.26. The summed E-state index contributed by atoms with van der Waals surface area (Å²) in [5.74, 6) is -2.34. The standard InChI is InChI=1S/C11H11FN2O4S/c12-9-3-1-4-10(8(9)7-13)14-19(17,18)6-2-5-11(15)16/h1,3-4,14H,2,5-6H2,(H,15,16). The van der Waals surface area contributed by atoms with Crippen LogP contribution in [0.25, 0.3) is 0 Å². The van der Waals surface area contributed by atoms with Crippen molar-refractivity contribution in [1.29, 1.82) is 5.26 Å². The Kier molecular flexibility index (Phi) is 4.83. The smallest absolute Gasteiger partial charge is 0.303 e. The van der Waals surface area contributed by atoms with E-state index in [4.69, 9.17) is 10.4 Å². The first-order valence-corrected chi connectivity index (χ1v) is 6.92. The van der Waals surface area contributed by atoms with Crippen LogP contribution in [0.2, 0.25) is 0 Å². The van der Waals surface area contributed by atoms with E-state index in [-0.39, 0.29) is 18.5 Å². The van der Waals surface area contributed by atoms with Gasteiger partial charge in [0.1, 0.15) is 17.4 Å². The van der Waals surface area contributed by atoms with Gasteiger partial charge >= 0.3 is 5.97 Å². The molecule has 2 N–H and O–H groups in total. The van der Waals surface area contributed by atoms with Crippen LogP contribution in [0.5, 0.6) is 0 Å². The fourth-order valence-corrected chi connectivity index (χ4v) is 2.49. The van der Waals surface area contributed by atoms with E-state index in [0.29, 0.717) is 0 Å². The Labute approximate surface area is 109 Å². The number of carboxylic acids is 1. The molecule has 0 atom stereocenters. The second-order valence-corrected chi connectivity index (χ2v) is 5.53. The van der Waals surface area contributed by atoms with Crippen LogP contribution in [-0.2, 0) is 14.8 Å². The van der Waals surface area contributed by atoms with Gasteiger partial charge in [-0.3, -0.25) is 9.52 Å². The number of rotatable bonds is 6. The fourth-order valence-electron chi connectivity index (χ4n) is 1.35. The van der Waals surface area contributed by atoms with E-state index in [9.17, 15) is 17.6 Å². The second-order valence-electron chi connectivity index (χ2n) is 3.69. The van der Waals surface area contributed by atoms with Crippen molar-refractivity contribution in [3.8, 4) is 6.07 Å². The number of benzene rings is 1. The minimum atomic E-state index is -3.81. The molecule has 0 aliphatic heterocycles. The van der Waals surface area contributed by atoms with E-state index < -0.39 is 33.1 Å². The molecule has 102 valence electrons. The molecule has 1 rings (SSSR count). The van der Waals surface area contributed by atoms with Crippen LogP contribution in [0.4, 0.5) is 10.1 Å². The summed E-state index contributed by atoms with van der Waals surface area (Å²) in [5.41, 5.74) is -0.554. The van der Waals surface area contributed by atoms with Crippen LogP contribution < -0.4 is 4.72 Å². The molecule has 0 aliphatic carbocycles. The summed E-state index contributed by atoms with van der Waals surface area (Å²) >= 11 is 0. The topological polar surface area (TPSA) is 107 Å². The number of anilines is 1. The molecule has 0 unspecified atom stereocenters. The molecular formula is C11H11FN2O4S. The van der Waals surface area contributed by atoms with E-state index >= 15 is 0 Å². The highest BCUT2D eigenvalue weighted by Crippen LogP contribution is 2.19. The van der Waals surface area contributed by atoms with Crippen LogP contribution in [0, 0.1) is 17.1 Å². The van der Waals surface area contributed by atoms with Gasteiger partial charge in [0.15, 0.2) is 0 Å². The minimum Gasteiger partial charge on any atom is -0.481 e. The van der Waals surface area contributed by atoms with Crippen LogP contribution >= 0.6 is 0 Å². The summed E-state index contributed by atoms with van der Waals surface area (Å²) in [6.45, 7) is 0. The first kappa shape index (κ1) is 14.9. The lowest BCUT2D eigenvalue weighted by atomic mass is 10.2. The number of sulfonamides is 1. The van der Waals surface area contributed by atoms with Gasteiger partial charge in [0.2, 0.25) is 10.0 Å². The zero-order valence-corrected chi connectivity index (χ0v) is 10.6. The Bertz CT molecular complexity index is 622. The predicted octanol–water partition coefficient (Wildman–Crippen LogP) is 1.30. The molecule has 0 radical (unpaired) electrons. The molecule has 1 aromatic carbocycles. The minimum absolute atomic E-state index is 0.0676. The number of aliphatic carboxylic acids is 1. The molecule has 0 aliphatic rings. The largest absolute Gasteiger partial charge is 0.481 e. The van der Waals surface area contributed by atoms with Crippen molar-refractivity contribution in [3.63, 3.8) is 0 Å². The van der Waals surface area contributed by atoms with Gasteiger partial charge in [-0.15, -0.1) is 0 Å². The number of nitrogens with one attached hydrogen (secondary N) is 1. The average Bonchev–Trinajstić information content (AvgIpc) is 2.27. The number of halogens is 1. The van der Waals surface area contributed by atoms with Crippen LogP contribution in [0.3, 0.4) is 0 Å². The SMILES string of the molecule is N#Cc1c(F)cccc1NS(=O)(=O)CCCC(=O)O. The van der Waals surface area contributed by atoms with Crippen molar-refractivity contribution in [2.45, 2.75) is 12.8 Å². The molecule has 0 heterocycles. The second kappa shape index (κ2) is 6.15. The Morgan fingerprint density at radius 2 is 2.16 bits per heavy atom. The Morgan fingerprint density at radius 1 is 1.47 bits per heavy atom. The van der Waals surface area contributed by atoms with Crippen molar-refractivity contribution in [3.05, 3.63) is 29.6 Å². The molecule has 19 heavy (non-hydrogen) atoms. The van der Waals surface area contributed by atoms with Gasteiger partial charge in [-0.25, -0.2) is 12.8 Å². The molecule has 8 heteroatoms. The maximum Gasteiger partial charge on any atom is 0.303 e. The first-order chi connectivity index (χ1) is 8.85. The zero-order valence-electron chi connectivity index (χ0n) is 9.76.